The molecule has 2 aromatic rings. The predicted molar refractivity (Wildman–Crippen MR) is 83.3 cm³/mol. The number of nitrogens with zero attached hydrogens (tertiary/aromatic N) is 1. The largest absolute Gasteiger partial charge is 0.495 e. The van der Waals surface area contributed by atoms with Gasteiger partial charge in [-0.2, -0.15) is 0 Å². The molecule has 4 nitrogen and oxygen atoms in total. The Hall–Kier alpha value is -1.85. The molecule has 1 heterocycles. The van der Waals surface area contributed by atoms with Crippen LogP contribution in [0, 0.1) is 0 Å². The van der Waals surface area contributed by atoms with E-state index < -0.39 is 11.8 Å². The van der Waals surface area contributed by atoms with Crippen molar-refractivity contribution in [2.75, 3.05) is 12.0 Å². The van der Waals surface area contributed by atoms with Gasteiger partial charge in [-0.1, -0.05) is 23.7 Å². The number of benzene rings is 2. The summed E-state index contributed by atoms with van der Waals surface area (Å²) in [5.74, 6) is -0.302. The minimum Gasteiger partial charge on any atom is -0.495 e. The topological polar surface area (TPSA) is 46.6 Å². The van der Waals surface area contributed by atoms with Crippen LogP contribution in [-0.4, -0.2) is 18.9 Å². The zero-order valence-electron chi connectivity index (χ0n) is 10.9. The van der Waals surface area contributed by atoms with Gasteiger partial charge in [0.05, 0.1) is 33.4 Å². The molecule has 0 spiro atoms. The molecule has 0 aromatic heterocycles. The van der Waals surface area contributed by atoms with Crippen LogP contribution in [-0.2, 0) is 0 Å². The molecular formula is C15H9BrClNO3. The lowest BCUT2D eigenvalue weighted by Gasteiger charge is -2.18. The molecule has 2 amide bonds. The molecule has 1 aliphatic heterocycles. The zero-order valence-corrected chi connectivity index (χ0v) is 13.2. The van der Waals surface area contributed by atoms with Crippen LogP contribution in [0.15, 0.2) is 40.9 Å². The third-order valence-electron chi connectivity index (χ3n) is 3.27. The van der Waals surface area contributed by atoms with Crippen molar-refractivity contribution in [1.29, 1.82) is 0 Å². The summed E-state index contributed by atoms with van der Waals surface area (Å²) in [6.07, 6.45) is 0. The Balaban J connectivity index is 2.20. The second-order valence-electron chi connectivity index (χ2n) is 4.40. The second kappa shape index (κ2) is 5.16. The molecule has 0 aliphatic carbocycles. The summed E-state index contributed by atoms with van der Waals surface area (Å²) < 4.78 is 5.66. The molecule has 0 atom stereocenters. The maximum atomic E-state index is 12.5. The number of methoxy groups -OCH3 is 1. The van der Waals surface area contributed by atoms with E-state index >= 15 is 0 Å². The Morgan fingerprint density at radius 1 is 1.05 bits per heavy atom. The number of fused-ring (bicyclic) bond motifs is 1. The Labute approximate surface area is 134 Å². The lowest BCUT2D eigenvalue weighted by atomic mass is 10.1. The number of imide groups is 1. The van der Waals surface area contributed by atoms with Crippen LogP contribution in [0.1, 0.15) is 20.7 Å². The van der Waals surface area contributed by atoms with Crippen molar-refractivity contribution in [2.45, 2.75) is 0 Å². The van der Waals surface area contributed by atoms with E-state index in [0.717, 1.165) is 4.90 Å². The van der Waals surface area contributed by atoms with Crippen LogP contribution in [0.5, 0.6) is 5.75 Å². The number of hydrogen-bond donors (Lipinski definition) is 0. The number of halogens is 2. The average Bonchev–Trinajstić information content (AvgIpc) is 2.73. The molecule has 21 heavy (non-hydrogen) atoms. The van der Waals surface area contributed by atoms with Crippen LogP contribution in [0.2, 0.25) is 5.02 Å². The predicted octanol–water partition coefficient (Wildman–Crippen LogP) is 3.91. The standard InChI is InChI=1S/C15H9BrClNO3/c1-21-11-7-6-10(17)13(12(11)16)18-14(19)8-4-2-3-5-9(8)15(18)20/h2-7H,1H3. The zero-order chi connectivity index (χ0) is 15.1. The molecule has 106 valence electrons. The molecule has 2 aromatic carbocycles. The van der Waals surface area contributed by atoms with Crippen molar-refractivity contribution >= 4 is 45.0 Å². The third kappa shape index (κ3) is 2.04. The maximum absolute atomic E-state index is 12.5. The maximum Gasteiger partial charge on any atom is 0.266 e. The number of carbonyl (C=O) groups is 2. The smallest absolute Gasteiger partial charge is 0.266 e. The molecule has 0 unspecified atom stereocenters. The fourth-order valence-electron chi connectivity index (χ4n) is 2.28. The second-order valence-corrected chi connectivity index (χ2v) is 5.60. The lowest BCUT2D eigenvalue weighted by molar-refractivity contribution is 0.0926. The number of anilines is 1. The summed E-state index contributed by atoms with van der Waals surface area (Å²) >= 11 is 9.53. The molecule has 3 rings (SSSR count). The van der Waals surface area contributed by atoms with E-state index in [2.05, 4.69) is 15.9 Å². The van der Waals surface area contributed by atoms with Crippen molar-refractivity contribution in [3.8, 4) is 5.75 Å². The van der Waals surface area contributed by atoms with Crippen LogP contribution >= 0.6 is 27.5 Å². The van der Waals surface area contributed by atoms with Gasteiger partial charge in [0.1, 0.15) is 5.75 Å². The molecule has 0 saturated carbocycles. The first-order valence-corrected chi connectivity index (χ1v) is 7.23. The van der Waals surface area contributed by atoms with Gasteiger partial charge in [0.15, 0.2) is 0 Å². The van der Waals surface area contributed by atoms with Gasteiger partial charge in [-0.15, -0.1) is 0 Å². The first-order chi connectivity index (χ1) is 10.1. The van der Waals surface area contributed by atoms with Gasteiger partial charge in [0, 0.05) is 0 Å². The molecule has 0 saturated heterocycles. The van der Waals surface area contributed by atoms with Crippen LogP contribution < -0.4 is 9.64 Å². The quantitative estimate of drug-likeness (QED) is 0.757. The van der Waals surface area contributed by atoms with Crippen molar-refractivity contribution in [3.63, 3.8) is 0 Å². The van der Waals surface area contributed by atoms with E-state index in [1.165, 1.54) is 7.11 Å². The van der Waals surface area contributed by atoms with Crippen molar-refractivity contribution in [3.05, 3.63) is 57.0 Å². The van der Waals surface area contributed by atoms with E-state index in [1.54, 1.807) is 36.4 Å². The van der Waals surface area contributed by atoms with Crippen molar-refractivity contribution in [2.24, 2.45) is 0 Å². The third-order valence-corrected chi connectivity index (χ3v) is 4.34. The molecule has 0 fully saturated rings. The summed E-state index contributed by atoms with van der Waals surface area (Å²) in [4.78, 5) is 26.1. The molecule has 6 heteroatoms. The molecular weight excluding hydrogens is 358 g/mol. The molecule has 0 radical (unpaired) electrons. The van der Waals surface area contributed by atoms with E-state index in [1.807, 2.05) is 0 Å². The van der Waals surface area contributed by atoms with Gasteiger partial charge < -0.3 is 4.74 Å². The molecule has 0 N–H and O–H groups in total. The van der Waals surface area contributed by atoms with Crippen molar-refractivity contribution in [1.82, 2.24) is 0 Å². The fourth-order valence-corrected chi connectivity index (χ4v) is 3.32. The fraction of sp³-hybridized carbons (Fsp3) is 0.0667. The lowest BCUT2D eigenvalue weighted by Crippen LogP contribution is -2.30. The molecule has 0 bridgehead atoms. The average molecular weight is 367 g/mol. The van der Waals surface area contributed by atoms with Gasteiger partial charge >= 0.3 is 0 Å². The Bertz CT molecular complexity index is 741. The highest BCUT2D eigenvalue weighted by Crippen LogP contribution is 2.43. The van der Waals surface area contributed by atoms with Crippen LogP contribution in [0.4, 0.5) is 5.69 Å². The number of amides is 2. The van der Waals surface area contributed by atoms with Gasteiger partial charge in [0.25, 0.3) is 11.8 Å². The number of ether oxygens (including phenoxy) is 1. The number of carbonyl (C=O) groups excluding carboxylic acids is 2. The highest BCUT2D eigenvalue weighted by molar-refractivity contribution is 9.10. The van der Waals surface area contributed by atoms with E-state index in [9.17, 15) is 9.59 Å². The highest BCUT2D eigenvalue weighted by Gasteiger charge is 2.38. The van der Waals surface area contributed by atoms with Crippen molar-refractivity contribution < 1.29 is 14.3 Å². The van der Waals surface area contributed by atoms with E-state index in [4.69, 9.17) is 16.3 Å². The summed E-state index contributed by atoms with van der Waals surface area (Å²) in [5.41, 5.74) is 1.03. The summed E-state index contributed by atoms with van der Waals surface area (Å²) in [7, 11) is 1.50. The minimum absolute atomic E-state index is 0.289. The van der Waals surface area contributed by atoms with Crippen LogP contribution in [0.25, 0.3) is 0 Å². The normalized spacial score (nSPS) is 13.6. The molecule has 1 aliphatic rings. The Morgan fingerprint density at radius 2 is 1.62 bits per heavy atom. The van der Waals surface area contributed by atoms with Gasteiger partial charge in [0.2, 0.25) is 0 Å². The Morgan fingerprint density at radius 3 is 2.14 bits per heavy atom. The Kier molecular flexibility index (Phi) is 3.47. The first kappa shape index (κ1) is 14.1. The SMILES string of the molecule is COc1ccc(Cl)c(N2C(=O)c3ccccc3C2=O)c1Br. The first-order valence-electron chi connectivity index (χ1n) is 6.06. The monoisotopic (exact) mass is 365 g/mol. The number of hydrogen-bond acceptors (Lipinski definition) is 3. The highest BCUT2D eigenvalue weighted by atomic mass is 79.9. The summed E-state index contributed by atoms with van der Waals surface area (Å²) in [6.45, 7) is 0. The van der Waals surface area contributed by atoms with Gasteiger partial charge in [-0.25, -0.2) is 4.90 Å². The van der Waals surface area contributed by atoms with Gasteiger partial charge in [-0.05, 0) is 40.2 Å². The summed E-state index contributed by atoms with van der Waals surface area (Å²) in [6, 6.07) is 9.93. The van der Waals surface area contributed by atoms with Gasteiger partial charge in [-0.3, -0.25) is 9.59 Å². The summed E-state index contributed by atoms with van der Waals surface area (Å²) in [5, 5.41) is 0.289. The van der Waals surface area contributed by atoms with Crippen LogP contribution in [0.3, 0.4) is 0 Å². The van der Waals surface area contributed by atoms with E-state index in [0.29, 0.717) is 27.0 Å². The number of rotatable bonds is 2. The van der Waals surface area contributed by atoms with E-state index in [-0.39, 0.29) is 5.02 Å². The minimum atomic E-state index is -0.397.